The Labute approximate surface area is 147 Å². The summed E-state index contributed by atoms with van der Waals surface area (Å²) in [5.41, 5.74) is 0.578. The Kier molecular flexibility index (Phi) is 5.36. The van der Waals surface area contributed by atoms with Crippen molar-refractivity contribution in [2.24, 2.45) is 17.8 Å². The van der Waals surface area contributed by atoms with E-state index in [0.717, 1.165) is 12.3 Å². The Morgan fingerprint density at radius 3 is 2.56 bits per heavy atom. The topological polar surface area (TPSA) is 84.5 Å². The van der Waals surface area contributed by atoms with Crippen LogP contribution in [0.5, 0.6) is 0 Å². The Hall–Kier alpha value is -2.37. The molecule has 0 spiro atoms. The highest BCUT2D eigenvalue weighted by atomic mass is 16.5. The summed E-state index contributed by atoms with van der Waals surface area (Å²) >= 11 is 0. The van der Waals surface area contributed by atoms with Gasteiger partial charge in [0.25, 0.3) is 5.91 Å². The molecule has 6 heteroatoms. The van der Waals surface area contributed by atoms with E-state index < -0.39 is 18.0 Å². The number of amides is 3. The quantitative estimate of drug-likeness (QED) is 0.804. The van der Waals surface area contributed by atoms with Crippen molar-refractivity contribution in [2.75, 3.05) is 5.32 Å². The van der Waals surface area contributed by atoms with E-state index in [9.17, 15) is 14.4 Å². The van der Waals surface area contributed by atoms with Gasteiger partial charge in [-0.2, -0.15) is 0 Å². The maximum Gasteiger partial charge on any atom is 0.325 e. The van der Waals surface area contributed by atoms with Gasteiger partial charge >= 0.3 is 12.0 Å². The van der Waals surface area contributed by atoms with Crippen LogP contribution in [0.25, 0.3) is 0 Å². The van der Waals surface area contributed by atoms with Crippen molar-refractivity contribution in [1.82, 2.24) is 5.32 Å². The molecule has 1 aromatic carbocycles. The predicted octanol–water partition coefficient (Wildman–Crippen LogP) is 3.09. The van der Waals surface area contributed by atoms with Crippen molar-refractivity contribution in [3.63, 3.8) is 0 Å². The smallest absolute Gasteiger partial charge is 0.325 e. The van der Waals surface area contributed by atoms with Crippen molar-refractivity contribution in [3.8, 4) is 0 Å². The van der Waals surface area contributed by atoms with E-state index in [4.69, 9.17) is 4.74 Å². The molecule has 0 heterocycles. The molecule has 0 aromatic heterocycles. The van der Waals surface area contributed by atoms with E-state index in [1.54, 1.807) is 24.3 Å². The Bertz CT molecular complexity index is 646. The average molecular weight is 344 g/mol. The number of urea groups is 1. The van der Waals surface area contributed by atoms with E-state index >= 15 is 0 Å². The first kappa shape index (κ1) is 17.5. The second kappa shape index (κ2) is 7.68. The summed E-state index contributed by atoms with van der Waals surface area (Å²) in [4.78, 5) is 35.9. The molecule has 3 rings (SSSR count). The average Bonchev–Trinajstić information content (AvgIpc) is 3.18. The van der Waals surface area contributed by atoms with Gasteiger partial charge in [0.15, 0.2) is 6.10 Å². The second-order valence-corrected chi connectivity index (χ2v) is 7.08. The van der Waals surface area contributed by atoms with Gasteiger partial charge in [0.1, 0.15) is 0 Å². The number of benzene rings is 1. The van der Waals surface area contributed by atoms with Crippen molar-refractivity contribution < 1.29 is 19.1 Å². The molecule has 25 heavy (non-hydrogen) atoms. The van der Waals surface area contributed by atoms with Gasteiger partial charge in [-0.15, -0.1) is 0 Å². The molecule has 2 saturated carbocycles. The third-order valence-corrected chi connectivity index (χ3v) is 5.26. The van der Waals surface area contributed by atoms with E-state index in [2.05, 4.69) is 10.6 Å². The standard InChI is InChI=1S/C19H24N2O4/c1-12(18(23)21-19(24)20-16-5-3-2-4-6-16)25-17(22)11-15-10-13-7-8-14(15)9-13/h2-6,12-15H,7-11H2,1H3,(H2,20,21,23,24). The summed E-state index contributed by atoms with van der Waals surface area (Å²) in [6.45, 7) is 1.48. The number of hydrogen-bond donors (Lipinski definition) is 2. The second-order valence-electron chi connectivity index (χ2n) is 7.08. The van der Waals surface area contributed by atoms with Crippen molar-refractivity contribution in [3.05, 3.63) is 30.3 Å². The number of ether oxygens (including phenoxy) is 1. The van der Waals surface area contributed by atoms with E-state index in [0.29, 0.717) is 23.9 Å². The molecular weight excluding hydrogens is 320 g/mol. The maximum atomic E-state index is 12.1. The summed E-state index contributed by atoms with van der Waals surface area (Å²) in [6.07, 6.45) is 4.19. The number of fused-ring (bicyclic) bond motifs is 2. The first-order valence-corrected chi connectivity index (χ1v) is 8.87. The van der Waals surface area contributed by atoms with Gasteiger partial charge in [-0.25, -0.2) is 4.79 Å². The zero-order chi connectivity index (χ0) is 17.8. The summed E-state index contributed by atoms with van der Waals surface area (Å²) in [5.74, 6) is 0.810. The van der Waals surface area contributed by atoms with E-state index in [-0.39, 0.29) is 5.97 Å². The number of carbonyl (C=O) groups excluding carboxylic acids is 3. The minimum atomic E-state index is -0.993. The highest BCUT2D eigenvalue weighted by Gasteiger charge is 2.40. The van der Waals surface area contributed by atoms with Crippen LogP contribution in [0.15, 0.2) is 30.3 Å². The lowest BCUT2D eigenvalue weighted by molar-refractivity contribution is -0.155. The molecule has 134 valence electrons. The molecule has 2 fully saturated rings. The van der Waals surface area contributed by atoms with Gasteiger partial charge in [0.05, 0.1) is 0 Å². The normalized spacial score (nSPS) is 25.2. The fraction of sp³-hybridized carbons (Fsp3) is 0.526. The minimum absolute atomic E-state index is 0.358. The predicted molar refractivity (Wildman–Crippen MR) is 92.7 cm³/mol. The lowest BCUT2D eigenvalue weighted by Crippen LogP contribution is -2.41. The van der Waals surface area contributed by atoms with Crippen LogP contribution in [-0.2, 0) is 14.3 Å². The Morgan fingerprint density at radius 1 is 1.16 bits per heavy atom. The lowest BCUT2D eigenvalue weighted by Gasteiger charge is -2.21. The van der Waals surface area contributed by atoms with E-state index in [1.807, 2.05) is 6.07 Å². The van der Waals surface area contributed by atoms with Crippen molar-refractivity contribution >= 4 is 23.6 Å². The summed E-state index contributed by atoms with van der Waals surface area (Å²) in [5, 5.41) is 4.73. The van der Waals surface area contributed by atoms with Crippen LogP contribution in [0.2, 0.25) is 0 Å². The molecule has 4 unspecified atom stereocenters. The molecule has 6 nitrogen and oxygen atoms in total. The molecule has 2 aliphatic rings. The van der Waals surface area contributed by atoms with E-state index in [1.165, 1.54) is 26.2 Å². The SMILES string of the molecule is CC(OC(=O)CC1CC2CCC1C2)C(=O)NC(=O)Nc1ccccc1. The number of para-hydroxylation sites is 1. The number of carbonyl (C=O) groups is 3. The fourth-order valence-corrected chi connectivity index (χ4v) is 4.04. The molecule has 0 aliphatic heterocycles. The number of esters is 1. The minimum Gasteiger partial charge on any atom is -0.453 e. The van der Waals surface area contributed by atoms with Gasteiger partial charge < -0.3 is 10.1 Å². The van der Waals surface area contributed by atoms with Crippen LogP contribution in [0, 0.1) is 17.8 Å². The van der Waals surface area contributed by atoms with Crippen molar-refractivity contribution in [1.29, 1.82) is 0 Å². The first-order chi connectivity index (χ1) is 12.0. The summed E-state index contributed by atoms with van der Waals surface area (Å²) in [6, 6.07) is 8.15. The number of nitrogens with one attached hydrogen (secondary N) is 2. The van der Waals surface area contributed by atoms with Crippen LogP contribution >= 0.6 is 0 Å². The fourth-order valence-electron chi connectivity index (χ4n) is 4.04. The molecule has 4 atom stereocenters. The highest BCUT2D eigenvalue weighted by Crippen LogP contribution is 2.49. The van der Waals surface area contributed by atoms with Crippen LogP contribution in [-0.4, -0.2) is 24.0 Å². The Balaban J connectivity index is 1.41. The number of anilines is 1. The highest BCUT2D eigenvalue weighted by molar-refractivity contribution is 6.02. The third kappa shape index (κ3) is 4.59. The number of rotatable bonds is 5. The molecule has 2 bridgehead atoms. The Morgan fingerprint density at radius 2 is 1.92 bits per heavy atom. The van der Waals surface area contributed by atoms with Crippen LogP contribution in [0.4, 0.5) is 10.5 Å². The monoisotopic (exact) mass is 344 g/mol. The molecule has 2 aliphatic carbocycles. The van der Waals surface area contributed by atoms with Gasteiger partial charge in [-0.1, -0.05) is 24.6 Å². The number of imide groups is 1. The maximum absolute atomic E-state index is 12.1. The largest absolute Gasteiger partial charge is 0.453 e. The molecule has 0 radical (unpaired) electrons. The zero-order valence-corrected chi connectivity index (χ0v) is 14.4. The molecular formula is C19H24N2O4. The van der Waals surface area contributed by atoms with Crippen LogP contribution < -0.4 is 10.6 Å². The zero-order valence-electron chi connectivity index (χ0n) is 14.4. The first-order valence-electron chi connectivity index (χ1n) is 8.87. The molecule has 0 saturated heterocycles. The lowest BCUT2D eigenvalue weighted by atomic mass is 9.86. The van der Waals surface area contributed by atoms with Gasteiger partial charge in [-0.05, 0) is 56.1 Å². The molecule has 3 amide bonds. The van der Waals surface area contributed by atoms with Crippen molar-refractivity contribution in [2.45, 2.75) is 45.1 Å². The summed E-state index contributed by atoms with van der Waals surface area (Å²) in [7, 11) is 0. The van der Waals surface area contributed by atoms with Gasteiger partial charge in [0.2, 0.25) is 0 Å². The summed E-state index contributed by atoms with van der Waals surface area (Å²) < 4.78 is 5.20. The van der Waals surface area contributed by atoms with Gasteiger partial charge in [-0.3, -0.25) is 14.9 Å². The molecule has 1 aromatic rings. The van der Waals surface area contributed by atoms with Crippen LogP contribution in [0.1, 0.15) is 39.0 Å². The molecule has 2 N–H and O–H groups in total. The number of hydrogen-bond acceptors (Lipinski definition) is 4. The third-order valence-electron chi connectivity index (χ3n) is 5.26. The van der Waals surface area contributed by atoms with Crippen LogP contribution in [0.3, 0.4) is 0 Å². The van der Waals surface area contributed by atoms with Gasteiger partial charge in [0, 0.05) is 12.1 Å².